The van der Waals surface area contributed by atoms with Gasteiger partial charge in [-0.05, 0) is 62.0 Å². The van der Waals surface area contributed by atoms with Gasteiger partial charge >= 0.3 is 0 Å². The van der Waals surface area contributed by atoms with Crippen LogP contribution in [0.5, 0.6) is 5.75 Å². The van der Waals surface area contributed by atoms with E-state index in [9.17, 15) is 0 Å². The van der Waals surface area contributed by atoms with E-state index in [1.54, 1.807) is 0 Å². The number of aryl methyl sites for hydroxylation is 1. The molecule has 0 atom stereocenters. The molecule has 1 fully saturated rings. The minimum atomic E-state index is 0.632. The fourth-order valence-electron chi connectivity index (χ4n) is 2.84. The van der Waals surface area contributed by atoms with Gasteiger partial charge < -0.3 is 10.1 Å². The van der Waals surface area contributed by atoms with Gasteiger partial charge in [-0.2, -0.15) is 0 Å². The summed E-state index contributed by atoms with van der Waals surface area (Å²) in [5, 5.41) is 3.41. The molecule has 110 valence electrons. The quantitative estimate of drug-likeness (QED) is 0.913. The van der Waals surface area contributed by atoms with Crippen LogP contribution in [0.15, 0.2) is 48.5 Å². The van der Waals surface area contributed by atoms with Crippen molar-refractivity contribution in [2.45, 2.75) is 32.3 Å². The zero-order valence-electron chi connectivity index (χ0n) is 12.6. The Morgan fingerprint density at radius 2 is 1.62 bits per heavy atom. The maximum Gasteiger partial charge on any atom is 0.119 e. The third kappa shape index (κ3) is 3.85. The zero-order valence-corrected chi connectivity index (χ0v) is 12.6. The molecule has 3 rings (SSSR count). The van der Waals surface area contributed by atoms with E-state index >= 15 is 0 Å². The molecule has 1 aliphatic rings. The summed E-state index contributed by atoms with van der Waals surface area (Å²) in [6.45, 7) is 5.00. The molecule has 0 radical (unpaired) electrons. The first-order chi connectivity index (χ1) is 10.3. The number of benzene rings is 2. The van der Waals surface area contributed by atoms with Crippen molar-refractivity contribution in [3.63, 3.8) is 0 Å². The van der Waals surface area contributed by atoms with E-state index in [-0.39, 0.29) is 0 Å². The van der Waals surface area contributed by atoms with Gasteiger partial charge in [0.25, 0.3) is 0 Å². The number of rotatable bonds is 4. The van der Waals surface area contributed by atoms with E-state index in [2.05, 4.69) is 60.8 Å². The highest BCUT2D eigenvalue weighted by molar-refractivity contribution is 5.30. The summed E-state index contributed by atoms with van der Waals surface area (Å²) in [5.41, 5.74) is 3.94. The van der Waals surface area contributed by atoms with Crippen molar-refractivity contribution in [1.82, 2.24) is 5.32 Å². The molecule has 0 unspecified atom stereocenters. The summed E-state index contributed by atoms with van der Waals surface area (Å²) >= 11 is 0. The van der Waals surface area contributed by atoms with Crippen LogP contribution in [0, 0.1) is 6.92 Å². The lowest BCUT2D eigenvalue weighted by Gasteiger charge is -2.23. The van der Waals surface area contributed by atoms with E-state index in [1.807, 2.05) is 0 Å². The van der Waals surface area contributed by atoms with Crippen molar-refractivity contribution in [2.24, 2.45) is 0 Å². The van der Waals surface area contributed by atoms with Crippen molar-refractivity contribution >= 4 is 0 Å². The maximum atomic E-state index is 5.86. The third-order valence-corrected chi connectivity index (χ3v) is 4.22. The molecule has 2 aromatic carbocycles. The fourth-order valence-corrected chi connectivity index (χ4v) is 2.84. The van der Waals surface area contributed by atoms with Crippen LogP contribution in [-0.4, -0.2) is 13.1 Å². The van der Waals surface area contributed by atoms with E-state index < -0.39 is 0 Å². The van der Waals surface area contributed by atoms with E-state index in [1.165, 1.54) is 29.5 Å². The first-order valence-electron chi connectivity index (χ1n) is 7.80. The molecule has 0 saturated carbocycles. The molecule has 0 spiro atoms. The highest BCUT2D eigenvalue weighted by Crippen LogP contribution is 2.26. The molecule has 1 N–H and O–H groups in total. The minimum Gasteiger partial charge on any atom is -0.489 e. The van der Waals surface area contributed by atoms with Crippen LogP contribution in [0.3, 0.4) is 0 Å². The fraction of sp³-hybridized carbons (Fsp3) is 0.368. The number of piperidine rings is 1. The zero-order chi connectivity index (χ0) is 14.5. The van der Waals surface area contributed by atoms with Gasteiger partial charge in [0, 0.05) is 0 Å². The molecule has 0 amide bonds. The standard InChI is InChI=1S/C19H23NO/c1-15-2-4-16(5-3-15)14-21-19-8-6-17(7-9-19)18-10-12-20-13-11-18/h2-9,18,20H,10-14H2,1H3. The summed E-state index contributed by atoms with van der Waals surface area (Å²) < 4.78 is 5.86. The van der Waals surface area contributed by atoms with Gasteiger partial charge in [-0.3, -0.25) is 0 Å². The molecular formula is C19H23NO. The van der Waals surface area contributed by atoms with E-state index in [0.29, 0.717) is 12.5 Å². The van der Waals surface area contributed by atoms with Crippen LogP contribution in [-0.2, 0) is 6.61 Å². The summed E-state index contributed by atoms with van der Waals surface area (Å²) in [5.74, 6) is 1.66. The minimum absolute atomic E-state index is 0.632. The van der Waals surface area contributed by atoms with E-state index in [4.69, 9.17) is 4.74 Å². The Labute approximate surface area is 127 Å². The summed E-state index contributed by atoms with van der Waals surface area (Å²) in [6, 6.07) is 17.1. The number of hydrogen-bond donors (Lipinski definition) is 1. The van der Waals surface area contributed by atoms with Crippen molar-refractivity contribution < 1.29 is 4.74 Å². The molecule has 21 heavy (non-hydrogen) atoms. The Bertz CT molecular complexity index is 553. The highest BCUT2D eigenvalue weighted by Gasteiger charge is 2.14. The second-order valence-electron chi connectivity index (χ2n) is 5.87. The molecule has 2 nitrogen and oxygen atoms in total. The summed E-state index contributed by atoms with van der Waals surface area (Å²) in [4.78, 5) is 0. The molecule has 2 aromatic rings. The van der Waals surface area contributed by atoms with Gasteiger partial charge in [-0.15, -0.1) is 0 Å². The Kier molecular flexibility index (Phi) is 4.56. The van der Waals surface area contributed by atoms with Gasteiger partial charge in [-0.1, -0.05) is 42.0 Å². The monoisotopic (exact) mass is 281 g/mol. The molecule has 1 saturated heterocycles. The van der Waals surface area contributed by atoms with Gasteiger partial charge in [-0.25, -0.2) is 0 Å². The average molecular weight is 281 g/mol. The molecular weight excluding hydrogens is 258 g/mol. The number of ether oxygens (including phenoxy) is 1. The molecule has 2 heteroatoms. The smallest absolute Gasteiger partial charge is 0.119 e. The first kappa shape index (κ1) is 14.2. The van der Waals surface area contributed by atoms with Crippen molar-refractivity contribution in [2.75, 3.05) is 13.1 Å². The average Bonchev–Trinajstić information content (AvgIpc) is 2.56. The maximum absolute atomic E-state index is 5.86. The van der Waals surface area contributed by atoms with E-state index in [0.717, 1.165) is 18.8 Å². The Hall–Kier alpha value is -1.80. The summed E-state index contributed by atoms with van der Waals surface area (Å²) in [6.07, 6.45) is 2.48. The number of nitrogens with one attached hydrogen (secondary N) is 1. The van der Waals surface area contributed by atoms with Crippen LogP contribution in [0.1, 0.15) is 35.4 Å². The second kappa shape index (κ2) is 6.77. The van der Waals surface area contributed by atoms with Crippen molar-refractivity contribution in [1.29, 1.82) is 0 Å². The van der Waals surface area contributed by atoms with Gasteiger partial charge in [0.1, 0.15) is 12.4 Å². The van der Waals surface area contributed by atoms with Gasteiger partial charge in [0.2, 0.25) is 0 Å². The largest absolute Gasteiger partial charge is 0.489 e. The van der Waals surface area contributed by atoms with Crippen LogP contribution in [0.25, 0.3) is 0 Å². The molecule has 0 aliphatic carbocycles. The lowest BCUT2D eigenvalue weighted by Crippen LogP contribution is -2.26. The normalized spacial score (nSPS) is 15.9. The Morgan fingerprint density at radius 1 is 0.952 bits per heavy atom. The Balaban J connectivity index is 1.57. The highest BCUT2D eigenvalue weighted by atomic mass is 16.5. The van der Waals surface area contributed by atoms with Crippen LogP contribution in [0.4, 0.5) is 0 Å². The topological polar surface area (TPSA) is 21.3 Å². The SMILES string of the molecule is Cc1ccc(COc2ccc(C3CCNCC3)cc2)cc1. The lowest BCUT2D eigenvalue weighted by molar-refractivity contribution is 0.306. The molecule has 0 aromatic heterocycles. The summed E-state index contributed by atoms with van der Waals surface area (Å²) in [7, 11) is 0. The first-order valence-corrected chi connectivity index (χ1v) is 7.80. The second-order valence-corrected chi connectivity index (χ2v) is 5.87. The van der Waals surface area contributed by atoms with Crippen LogP contribution >= 0.6 is 0 Å². The van der Waals surface area contributed by atoms with Crippen molar-refractivity contribution in [3.8, 4) is 5.75 Å². The van der Waals surface area contributed by atoms with Crippen molar-refractivity contribution in [3.05, 3.63) is 65.2 Å². The Morgan fingerprint density at radius 3 is 2.29 bits per heavy atom. The predicted octanol–water partition coefficient (Wildman–Crippen LogP) is 4.04. The molecule has 1 aliphatic heterocycles. The molecule has 1 heterocycles. The lowest BCUT2D eigenvalue weighted by atomic mass is 9.90. The molecule has 0 bridgehead atoms. The van der Waals surface area contributed by atoms with Gasteiger partial charge in [0.05, 0.1) is 0 Å². The van der Waals surface area contributed by atoms with Crippen LogP contribution < -0.4 is 10.1 Å². The third-order valence-electron chi connectivity index (χ3n) is 4.22. The predicted molar refractivity (Wildman–Crippen MR) is 86.8 cm³/mol. The van der Waals surface area contributed by atoms with Gasteiger partial charge in [0.15, 0.2) is 0 Å². The number of hydrogen-bond acceptors (Lipinski definition) is 2. The van der Waals surface area contributed by atoms with Crippen LogP contribution in [0.2, 0.25) is 0 Å².